The lowest BCUT2D eigenvalue weighted by molar-refractivity contribution is 0.399. The van der Waals surface area contributed by atoms with Crippen LogP contribution in [0.3, 0.4) is 0 Å². The summed E-state index contributed by atoms with van der Waals surface area (Å²) in [7, 11) is 0. The molecule has 1 aromatic carbocycles. The lowest BCUT2D eigenvalue weighted by atomic mass is 10.1. The quantitative estimate of drug-likeness (QED) is 0.468. The van der Waals surface area contributed by atoms with Crippen LogP contribution >= 0.6 is 0 Å². The highest BCUT2D eigenvalue weighted by Gasteiger charge is 2.14. The number of nitrogens with two attached hydrogens (primary N) is 1. The maximum Gasteiger partial charge on any atom is 0.201 e. The van der Waals surface area contributed by atoms with Crippen LogP contribution in [0.1, 0.15) is 5.56 Å². The third-order valence-electron chi connectivity index (χ3n) is 2.54. The van der Waals surface area contributed by atoms with Crippen LogP contribution in [-0.2, 0) is 0 Å². The lowest BCUT2D eigenvalue weighted by Gasteiger charge is -2.04. The second kappa shape index (κ2) is 4.25. The van der Waals surface area contributed by atoms with E-state index < -0.39 is 11.2 Å². The second-order valence-electron chi connectivity index (χ2n) is 3.55. The summed E-state index contributed by atoms with van der Waals surface area (Å²) in [5, 5.41) is 26.1. The lowest BCUT2D eigenvalue weighted by Crippen LogP contribution is -2.09. The fourth-order valence-electron chi connectivity index (χ4n) is 1.59. The highest BCUT2D eigenvalue weighted by Crippen LogP contribution is 2.32. The average molecular weight is 246 g/mol. The van der Waals surface area contributed by atoms with Crippen LogP contribution in [0.2, 0.25) is 0 Å². The van der Waals surface area contributed by atoms with E-state index in [-0.39, 0.29) is 27.9 Å². The summed E-state index contributed by atoms with van der Waals surface area (Å²) in [5.41, 5.74) is 5.08. The van der Waals surface area contributed by atoms with E-state index in [0.717, 1.165) is 18.7 Å². The molecular weight excluding hydrogens is 236 g/mol. The molecule has 1 heterocycles. The van der Waals surface area contributed by atoms with Gasteiger partial charge in [0.05, 0.1) is 10.9 Å². The van der Waals surface area contributed by atoms with E-state index in [1.165, 1.54) is 12.1 Å². The van der Waals surface area contributed by atoms with Crippen LogP contribution in [0.15, 0.2) is 33.8 Å². The highest BCUT2D eigenvalue weighted by molar-refractivity contribution is 6.08. The zero-order valence-corrected chi connectivity index (χ0v) is 9.18. The van der Waals surface area contributed by atoms with Gasteiger partial charge in [0.2, 0.25) is 11.2 Å². The van der Waals surface area contributed by atoms with Gasteiger partial charge in [0.15, 0.2) is 11.3 Å². The highest BCUT2D eigenvalue weighted by atomic mass is 16.4. The van der Waals surface area contributed by atoms with Crippen molar-refractivity contribution in [1.82, 2.24) is 0 Å². The van der Waals surface area contributed by atoms with Gasteiger partial charge in [0.25, 0.3) is 0 Å². The summed E-state index contributed by atoms with van der Waals surface area (Å²) in [6.07, 6.45) is 3.14. The summed E-state index contributed by atoms with van der Waals surface area (Å²) in [6.45, 7) is 0. The zero-order valence-electron chi connectivity index (χ0n) is 9.18. The smallest absolute Gasteiger partial charge is 0.201 e. The molecule has 2 rings (SSSR count). The van der Waals surface area contributed by atoms with Crippen LogP contribution in [0, 0.1) is 5.41 Å². The SMILES string of the molecule is N=C/C(=C\N)c1coc2c(O)c(O)ccc2c1=O. The van der Waals surface area contributed by atoms with E-state index in [4.69, 9.17) is 15.6 Å². The number of rotatable bonds is 2. The Morgan fingerprint density at radius 2 is 2.11 bits per heavy atom. The number of allylic oxidation sites excluding steroid dienone is 1. The van der Waals surface area contributed by atoms with Gasteiger partial charge < -0.3 is 25.8 Å². The van der Waals surface area contributed by atoms with Crippen molar-refractivity contribution in [3.05, 3.63) is 40.4 Å². The van der Waals surface area contributed by atoms with E-state index >= 15 is 0 Å². The summed E-state index contributed by atoms with van der Waals surface area (Å²) in [6, 6.07) is 2.52. The minimum atomic E-state index is -0.496. The molecule has 18 heavy (non-hydrogen) atoms. The predicted octanol–water partition coefficient (Wildman–Crippen LogP) is 1.15. The molecule has 0 aliphatic rings. The van der Waals surface area contributed by atoms with Crippen LogP contribution in [0.4, 0.5) is 0 Å². The molecule has 5 N–H and O–H groups in total. The molecule has 0 saturated carbocycles. The summed E-state index contributed by atoms with van der Waals surface area (Å²) in [5.74, 6) is -0.871. The van der Waals surface area contributed by atoms with Crippen LogP contribution in [0.5, 0.6) is 11.5 Å². The Morgan fingerprint density at radius 1 is 1.39 bits per heavy atom. The fraction of sp³-hybridized carbons (Fsp3) is 0. The average Bonchev–Trinajstić information content (AvgIpc) is 2.38. The number of phenols is 2. The van der Waals surface area contributed by atoms with Crippen molar-refractivity contribution >= 4 is 22.8 Å². The van der Waals surface area contributed by atoms with Gasteiger partial charge in [0.1, 0.15) is 6.26 Å². The van der Waals surface area contributed by atoms with Crippen molar-refractivity contribution in [3.63, 3.8) is 0 Å². The Balaban J connectivity index is 2.86. The number of fused-ring (bicyclic) bond motifs is 1. The van der Waals surface area contributed by atoms with Crippen LogP contribution in [-0.4, -0.2) is 16.4 Å². The number of benzene rings is 1. The molecule has 6 heteroatoms. The van der Waals surface area contributed by atoms with Crippen LogP contribution < -0.4 is 11.2 Å². The molecule has 0 saturated heterocycles. The molecule has 0 amide bonds. The van der Waals surface area contributed by atoms with Crippen molar-refractivity contribution in [1.29, 1.82) is 5.41 Å². The van der Waals surface area contributed by atoms with Gasteiger partial charge >= 0.3 is 0 Å². The molecule has 0 aliphatic heterocycles. The molecule has 2 aromatic rings. The minimum Gasteiger partial charge on any atom is -0.504 e. The van der Waals surface area contributed by atoms with Crippen molar-refractivity contribution in [2.45, 2.75) is 0 Å². The normalized spacial score (nSPS) is 11.7. The van der Waals surface area contributed by atoms with E-state index in [0.29, 0.717) is 0 Å². The molecule has 0 atom stereocenters. The molecule has 0 spiro atoms. The van der Waals surface area contributed by atoms with Gasteiger partial charge in [-0.1, -0.05) is 0 Å². The first-order valence-corrected chi connectivity index (χ1v) is 4.99. The van der Waals surface area contributed by atoms with Crippen molar-refractivity contribution < 1.29 is 14.6 Å². The van der Waals surface area contributed by atoms with Crippen molar-refractivity contribution in [2.75, 3.05) is 0 Å². The molecule has 0 aliphatic carbocycles. The van der Waals surface area contributed by atoms with Gasteiger partial charge in [0, 0.05) is 18.0 Å². The molecule has 92 valence electrons. The molecule has 0 fully saturated rings. The third-order valence-corrected chi connectivity index (χ3v) is 2.54. The number of hydrogen-bond acceptors (Lipinski definition) is 6. The first-order valence-electron chi connectivity index (χ1n) is 4.99. The Bertz CT molecular complexity index is 716. The standard InChI is InChI=1S/C12H10N2O4/c13-3-6(4-14)8-5-18-12-7(10(8)16)1-2-9(15)11(12)17/h1-5,13,15,17H,14H2/b6-4+,13-3?. The summed E-state index contributed by atoms with van der Waals surface area (Å²) in [4.78, 5) is 12.1. The number of hydrogen-bond donors (Lipinski definition) is 4. The minimum absolute atomic E-state index is 0.101. The molecular formula is C12H10N2O4. The first-order chi connectivity index (χ1) is 8.60. The number of aromatic hydroxyl groups is 2. The molecule has 0 unspecified atom stereocenters. The van der Waals surface area contributed by atoms with E-state index in [9.17, 15) is 15.0 Å². The maximum absolute atomic E-state index is 12.1. The topological polar surface area (TPSA) is 121 Å². The maximum atomic E-state index is 12.1. The van der Waals surface area contributed by atoms with E-state index in [2.05, 4.69) is 0 Å². The molecule has 1 aromatic heterocycles. The monoisotopic (exact) mass is 246 g/mol. The van der Waals surface area contributed by atoms with Crippen molar-refractivity contribution in [3.8, 4) is 11.5 Å². The zero-order chi connectivity index (χ0) is 13.3. The first kappa shape index (κ1) is 11.7. The fourth-order valence-corrected chi connectivity index (χ4v) is 1.59. The molecule has 0 radical (unpaired) electrons. The van der Waals surface area contributed by atoms with Crippen LogP contribution in [0.25, 0.3) is 16.5 Å². The number of phenolic OH excluding ortho intramolecular Hbond substituents is 2. The molecule has 0 bridgehead atoms. The molecule has 6 nitrogen and oxygen atoms in total. The summed E-state index contributed by atoms with van der Waals surface area (Å²) < 4.78 is 5.11. The third kappa shape index (κ3) is 1.60. The van der Waals surface area contributed by atoms with Gasteiger partial charge in [-0.05, 0) is 12.1 Å². The second-order valence-corrected chi connectivity index (χ2v) is 3.55. The predicted molar refractivity (Wildman–Crippen MR) is 66.8 cm³/mol. The van der Waals surface area contributed by atoms with Gasteiger partial charge in [-0.3, -0.25) is 4.79 Å². The Hall–Kier alpha value is -2.76. The van der Waals surface area contributed by atoms with E-state index in [1.54, 1.807) is 0 Å². The Kier molecular flexibility index (Phi) is 2.77. The summed E-state index contributed by atoms with van der Waals surface area (Å²) >= 11 is 0. The Labute approximate surface area is 101 Å². The Morgan fingerprint density at radius 3 is 2.72 bits per heavy atom. The van der Waals surface area contributed by atoms with Gasteiger partial charge in [-0.25, -0.2) is 0 Å². The van der Waals surface area contributed by atoms with E-state index in [1.807, 2.05) is 0 Å². The van der Waals surface area contributed by atoms with Gasteiger partial charge in [-0.2, -0.15) is 0 Å². The largest absolute Gasteiger partial charge is 0.504 e. The van der Waals surface area contributed by atoms with Crippen molar-refractivity contribution in [2.24, 2.45) is 5.73 Å². The van der Waals surface area contributed by atoms with Gasteiger partial charge in [-0.15, -0.1) is 0 Å². The number of nitrogens with one attached hydrogen (secondary N) is 1.